The molecular weight excluding hydrogens is 354 g/mol. The maximum absolute atomic E-state index is 13.2. The predicted molar refractivity (Wildman–Crippen MR) is 107 cm³/mol. The van der Waals surface area contributed by atoms with Gasteiger partial charge in [0.1, 0.15) is 17.4 Å². The molecule has 2 fully saturated rings. The second kappa shape index (κ2) is 7.14. The van der Waals surface area contributed by atoms with Gasteiger partial charge in [-0.05, 0) is 37.1 Å². The summed E-state index contributed by atoms with van der Waals surface area (Å²) in [6, 6.07) is 14.0. The van der Waals surface area contributed by atoms with E-state index in [4.69, 9.17) is 4.42 Å². The van der Waals surface area contributed by atoms with Gasteiger partial charge in [0.25, 0.3) is 6.01 Å². The van der Waals surface area contributed by atoms with Crippen molar-refractivity contribution < 1.29 is 9.21 Å². The number of para-hydroxylation sites is 2. The lowest BCUT2D eigenvalue weighted by Gasteiger charge is -2.37. The number of fused-ring (bicyclic) bond motifs is 1. The maximum atomic E-state index is 13.2. The first-order chi connectivity index (χ1) is 13.8. The molecular formula is C21H23N5O2. The van der Waals surface area contributed by atoms with Crippen LogP contribution in [0.5, 0.6) is 0 Å². The van der Waals surface area contributed by atoms with Gasteiger partial charge < -0.3 is 19.1 Å². The molecule has 2 saturated heterocycles. The Labute approximate surface area is 163 Å². The van der Waals surface area contributed by atoms with Crippen molar-refractivity contribution in [1.82, 2.24) is 14.9 Å². The van der Waals surface area contributed by atoms with Gasteiger partial charge in [0.2, 0.25) is 5.91 Å². The third-order valence-electron chi connectivity index (χ3n) is 5.63. The van der Waals surface area contributed by atoms with E-state index < -0.39 is 0 Å². The first-order valence-electron chi connectivity index (χ1n) is 9.86. The fourth-order valence-electron chi connectivity index (χ4n) is 4.14. The molecule has 1 unspecified atom stereocenters. The zero-order valence-electron chi connectivity index (χ0n) is 15.7. The number of carbonyl (C=O) groups is 1. The summed E-state index contributed by atoms with van der Waals surface area (Å²) in [5.74, 6) is 1.16. The molecule has 1 amide bonds. The Balaban J connectivity index is 1.28. The van der Waals surface area contributed by atoms with Crippen LogP contribution in [0.2, 0.25) is 0 Å². The zero-order chi connectivity index (χ0) is 18.9. The Kier molecular flexibility index (Phi) is 4.35. The molecule has 2 aliphatic rings. The average molecular weight is 377 g/mol. The molecule has 0 N–H and O–H groups in total. The Bertz CT molecular complexity index is 932. The predicted octanol–water partition coefficient (Wildman–Crippen LogP) is 2.54. The van der Waals surface area contributed by atoms with Gasteiger partial charge in [0, 0.05) is 38.9 Å². The number of nitrogens with zero attached hydrogens (tertiary/aromatic N) is 5. The second-order valence-corrected chi connectivity index (χ2v) is 7.32. The molecule has 5 rings (SSSR count). The van der Waals surface area contributed by atoms with Gasteiger partial charge in [-0.15, -0.1) is 0 Å². The van der Waals surface area contributed by atoms with Crippen molar-refractivity contribution in [1.29, 1.82) is 0 Å². The van der Waals surface area contributed by atoms with Crippen LogP contribution in [0.1, 0.15) is 12.8 Å². The molecule has 0 bridgehead atoms. The van der Waals surface area contributed by atoms with Crippen molar-refractivity contribution in [2.75, 3.05) is 42.5 Å². The lowest BCUT2D eigenvalue weighted by atomic mass is 10.1. The molecule has 144 valence electrons. The first-order valence-corrected chi connectivity index (χ1v) is 9.86. The molecule has 3 aromatic rings. The van der Waals surface area contributed by atoms with Crippen LogP contribution in [0.25, 0.3) is 11.1 Å². The van der Waals surface area contributed by atoms with Crippen molar-refractivity contribution in [3.63, 3.8) is 0 Å². The van der Waals surface area contributed by atoms with Crippen molar-refractivity contribution in [2.45, 2.75) is 18.9 Å². The monoisotopic (exact) mass is 377 g/mol. The highest BCUT2D eigenvalue weighted by Crippen LogP contribution is 2.29. The van der Waals surface area contributed by atoms with Crippen molar-refractivity contribution in [2.24, 2.45) is 0 Å². The second-order valence-electron chi connectivity index (χ2n) is 7.32. The molecule has 2 aromatic heterocycles. The molecule has 0 aliphatic carbocycles. The van der Waals surface area contributed by atoms with E-state index in [2.05, 4.69) is 14.9 Å². The molecule has 7 nitrogen and oxygen atoms in total. The van der Waals surface area contributed by atoms with E-state index in [0.29, 0.717) is 19.1 Å². The number of benzene rings is 1. The van der Waals surface area contributed by atoms with Gasteiger partial charge in [0.15, 0.2) is 5.58 Å². The molecule has 4 heterocycles. The Hall–Kier alpha value is -3.09. The van der Waals surface area contributed by atoms with Gasteiger partial charge in [0.05, 0.1) is 0 Å². The zero-order valence-corrected chi connectivity index (χ0v) is 15.7. The Morgan fingerprint density at radius 3 is 2.61 bits per heavy atom. The number of rotatable bonds is 3. The number of aromatic nitrogens is 2. The van der Waals surface area contributed by atoms with Crippen LogP contribution in [0.15, 0.2) is 53.1 Å². The largest absolute Gasteiger partial charge is 0.423 e. The smallest absolute Gasteiger partial charge is 0.299 e. The summed E-state index contributed by atoms with van der Waals surface area (Å²) in [4.78, 5) is 28.5. The minimum absolute atomic E-state index is 0.181. The highest BCUT2D eigenvalue weighted by atomic mass is 16.4. The third kappa shape index (κ3) is 3.06. The lowest BCUT2D eigenvalue weighted by molar-refractivity contribution is -0.132. The van der Waals surface area contributed by atoms with Gasteiger partial charge in [-0.25, -0.2) is 4.98 Å². The van der Waals surface area contributed by atoms with E-state index in [0.717, 1.165) is 49.4 Å². The van der Waals surface area contributed by atoms with Crippen LogP contribution in [-0.4, -0.2) is 59.5 Å². The van der Waals surface area contributed by atoms with Crippen LogP contribution in [0, 0.1) is 0 Å². The number of amides is 1. The van der Waals surface area contributed by atoms with E-state index in [-0.39, 0.29) is 11.9 Å². The molecule has 7 heteroatoms. The molecule has 0 radical (unpaired) electrons. The molecule has 0 saturated carbocycles. The van der Waals surface area contributed by atoms with Crippen LogP contribution >= 0.6 is 0 Å². The number of hydrogen-bond acceptors (Lipinski definition) is 6. The number of pyridine rings is 1. The van der Waals surface area contributed by atoms with E-state index in [9.17, 15) is 4.79 Å². The molecule has 0 spiro atoms. The number of anilines is 2. The highest BCUT2D eigenvalue weighted by Gasteiger charge is 2.37. The van der Waals surface area contributed by atoms with E-state index in [1.165, 1.54) is 0 Å². The van der Waals surface area contributed by atoms with Crippen molar-refractivity contribution in [3.05, 3.63) is 48.7 Å². The van der Waals surface area contributed by atoms with Crippen LogP contribution in [-0.2, 0) is 4.79 Å². The Morgan fingerprint density at radius 2 is 1.82 bits per heavy atom. The van der Waals surface area contributed by atoms with Gasteiger partial charge >= 0.3 is 0 Å². The molecule has 28 heavy (non-hydrogen) atoms. The SMILES string of the molecule is O=C(C1CCCN1c1nc2ccccc2o1)N1CCN(c2ccccn2)CC1. The summed E-state index contributed by atoms with van der Waals surface area (Å²) >= 11 is 0. The minimum atomic E-state index is -0.186. The average Bonchev–Trinajstić information content (AvgIpc) is 3.41. The summed E-state index contributed by atoms with van der Waals surface area (Å²) in [7, 11) is 0. The lowest BCUT2D eigenvalue weighted by Crippen LogP contribution is -2.54. The highest BCUT2D eigenvalue weighted by molar-refractivity contribution is 5.86. The van der Waals surface area contributed by atoms with Gasteiger partial charge in [-0.2, -0.15) is 4.98 Å². The van der Waals surface area contributed by atoms with Crippen LogP contribution in [0.4, 0.5) is 11.8 Å². The number of oxazole rings is 1. The van der Waals surface area contributed by atoms with Crippen molar-refractivity contribution in [3.8, 4) is 0 Å². The number of piperazine rings is 1. The van der Waals surface area contributed by atoms with E-state index >= 15 is 0 Å². The van der Waals surface area contributed by atoms with Crippen molar-refractivity contribution >= 4 is 28.8 Å². The molecule has 1 aromatic carbocycles. The third-order valence-corrected chi connectivity index (χ3v) is 5.63. The minimum Gasteiger partial charge on any atom is -0.423 e. The first kappa shape index (κ1) is 17.0. The quantitative estimate of drug-likeness (QED) is 0.699. The standard InChI is InChI=1S/C21H23N5O2/c27-20(25-14-12-24(13-15-25)19-9-3-4-10-22-19)17-7-5-11-26(17)21-23-16-6-1-2-8-18(16)28-21/h1-4,6,8-10,17H,5,7,11-15H2. The molecule has 1 atom stereocenters. The van der Waals surface area contributed by atoms with Gasteiger partial charge in [-0.3, -0.25) is 4.79 Å². The summed E-state index contributed by atoms with van der Waals surface area (Å²) in [6.07, 6.45) is 3.63. The van der Waals surface area contributed by atoms with E-state index in [1.807, 2.05) is 58.5 Å². The summed E-state index contributed by atoms with van der Waals surface area (Å²) in [5.41, 5.74) is 1.60. The Morgan fingerprint density at radius 1 is 1.00 bits per heavy atom. The van der Waals surface area contributed by atoms with Crippen LogP contribution in [0.3, 0.4) is 0 Å². The maximum Gasteiger partial charge on any atom is 0.299 e. The fraction of sp³-hybridized carbons (Fsp3) is 0.381. The number of carbonyl (C=O) groups excluding carboxylic acids is 1. The fourth-order valence-corrected chi connectivity index (χ4v) is 4.14. The summed E-state index contributed by atoms with van der Waals surface area (Å²) in [6.45, 7) is 3.84. The van der Waals surface area contributed by atoms with Gasteiger partial charge in [-0.1, -0.05) is 18.2 Å². The summed E-state index contributed by atoms with van der Waals surface area (Å²) in [5, 5.41) is 0. The topological polar surface area (TPSA) is 65.7 Å². The normalized spacial score (nSPS) is 20.1. The number of hydrogen-bond donors (Lipinski definition) is 0. The molecule has 2 aliphatic heterocycles. The van der Waals surface area contributed by atoms with Crippen LogP contribution < -0.4 is 9.80 Å². The van der Waals surface area contributed by atoms with E-state index in [1.54, 1.807) is 0 Å². The summed E-state index contributed by atoms with van der Waals surface area (Å²) < 4.78 is 5.92.